The van der Waals surface area contributed by atoms with Crippen LogP contribution in [0.5, 0.6) is 0 Å². The van der Waals surface area contributed by atoms with Gasteiger partial charge in [-0.3, -0.25) is 9.59 Å². The van der Waals surface area contributed by atoms with E-state index in [2.05, 4.69) is 10.6 Å². The van der Waals surface area contributed by atoms with Crippen LogP contribution in [0.25, 0.3) is 0 Å². The summed E-state index contributed by atoms with van der Waals surface area (Å²) in [5.41, 5.74) is 1.17. The molecule has 0 unspecified atom stereocenters. The Bertz CT molecular complexity index is 379. The quantitative estimate of drug-likeness (QED) is 0.811. The Morgan fingerprint density at radius 3 is 2.17 bits per heavy atom. The van der Waals surface area contributed by atoms with Crippen molar-refractivity contribution < 1.29 is 14.3 Å². The molecule has 5 nitrogen and oxygen atoms in total. The van der Waals surface area contributed by atoms with E-state index in [-0.39, 0.29) is 18.4 Å². The van der Waals surface area contributed by atoms with Gasteiger partial charge < -0.3 is 15.4 Å². The first kappa shape index (κ1) is 14.2. The number of carbonyl (C=O) groups is 2. The second-order valence-electron chi connectivity index (χ2n) is 3.82. The molecule has 1 aromatic carbocycles. The highest BCUT2D eigenvalue weighted by Crippen LogP contribution is 2.21. The van der Waals surface area contributed by atoms with Gasteiger partial charge in [-0.15, -0.1) is 0 Å². The van der Waals surface area contributed by atoms with E-state index in [9.17, 15) is 9.59 Å². The summed E-state index contributed by atoms with van der Waals surface area (Å²) in [5, 5.41) is 5.44. The highest BCUT2D eigenvalue weighted by atomic mass is 16.5. The van der Waals surface area contributed by atoms with Crippen molar-refractivity contribution in [1.82, 2.24) is 0 Å². The van der Waals surface area contributed by atoms with Gasteiger partial charge in [0.1, 0.15) is 6.61 Å². The van der Waals surface area contributed by atoms with Gasteiger partial charge in [-0.05, 0) is 18.6 Å². The van der Waals surface area contributed by atoms with Crippen LogP contribution < -0.4 is 10.6 Å². The number of para-hydroxylation sites is 2. The lowest BCUT2D eigenvalue weighted by molar-refractivity contribution is -0.119. The van der Waals surface area contributed by atoms with Gasteiger partial charge in [-0.2, -0.15) is 0 Å². The maximum atomic E-state index is 11.5. The predicted molar refractivity (Wildman–Crippen MR) is 70.5 cm³/mol. The smallest absolute Gasteiger partial charge is 0.250 e. The largest absolute Gasteiger partial charge is 0.375 e. The highest BCUT2D eigenvalue weighted by Gasteiger charge is 2.08. The second-order valence-corrected chi connectivity index (χ2v) is 3.82. The minimum atomic E-state index is -0.255. The van der Waals surface area contributed by atoms with E-state index in [1.807, 2.05) is 6.92 Å². The van der Waals surface area contributed by atoms with E-state index in [0.717, 1.165) is 6.42 Å². The summed E-state index contributed by atoms with van der Waals surface area (Å²) in [6.45, 7) is 1.92. The number of carbonyl (C=O) groups excluding carboxylic acids is 2. The third-order valence-electron chi connectivity index (χ3n) is 2.23. The molecule has 0 aliphatic heterocycles. The van der Waals surface area contributed by atoms with Gasteiger partial charge in [-0.25, -0.2) is 0 Å². The van der Waals surface area contributed by atoms with Crippen LogP contribution in [0.1, 0.15) is 19.8 Å². The fraction of sp³-hybridized carbons (Fsp3) is 0.385. The van der Waals surface area contributed by atoms with Crippen molar-refractivity contribution in [3.63, 3.8) is 0 Å². The molecule has 0 aliphatic rings. The van der Waals surface area contributed by atoms with Crippen LogP contribution in [-0.4, -0.2) is 25.5 Å². The van der Waals surface area contributed by atoms with Gasteiger partial charge in [0.15, 0.2) is 0 Å². The molecule has 0 saturated carbocycles. The van der Waals surface area contributed by atoms with Crippen LogP contribution in [0.3, 0.4) is 0 Å². The number of methoxy groups -OCH3 is 1. The Hall–Kier alpha value is -1.88. The maximum Gasteiger partial charge on any atom is 0.250 e. The van der Waals surface area contributed by atoms with Gasteiger partial charge in [0.2, 0.25) is 11.8 Å². The van der Waals surface area contributed by atoms with E-state index < -0.39 is 0 Å². The Kier molecular flexibility index (Phi) is 5.87. The number of hydrogen-bond acceptors (Lipinski definition) is 3. The first-order valence-electron chi connectivity index (χ1n) is 5.85. The zero-order valence-electron chi connectivity index (χ0n) is 10.7. The predicted octanol–water partition coefficient (Wildman–Crippen LogP) is 2.01. The molecule has 18 heavy (non-hydrogen) atoms. The topological polar surface area (TPSA) is 67.4 Å². The van der Waals surface area contributed by atoms with Crippen molar-refractivity contribution in [3.05, 3.63) is 24.3 Å². The molecule has 2 N–H and O–H groups in total. The summed E-state index contributed by atoms with van der Waals surface area (Å²) < 4.78 is 4.74. The highest BCUT2D eigenvalue weighted by molar-refractivity contribution is 5.99. The molecule has 0 spiro atoms. The zero-order chi connectivity index (χ0) is 13.4. The normalized spacial score (nSPS) is 9.89. The van der Waals surface area contributed by atoms with Crippen LogP contribution in [-0.2, 0) is 14.3 Å². The molecule has 0 bridgehead atoms. The number of amides is 2. The Labute approximate surface area is 107 Å². The molecule has 98 valence electrons. The molecule has 5 heteroatoms. The third-order valence-corrected chi connectivity index (χ3v) is 2.23. The molecule has 2 amide bonds. The van der Waals surface area contributed by atoms with Crippen LogP contribution in [0.2, 0.25) is 0 Å². The van der Waals surface area contributed by atoms with Crippen LogP contribution >= 0.6 is 0 Å². The summed E-state index contributed by atoms with van der Waals surface area (Å²) >= 11 is 0. The molecule has 0 saturated heterocycles. The fourth-order valence-corrected chi connectivity index (χ4v) is 1.46. The fourth-order valence-electron chi connectivity index (χ4n) is 1.46. The van der Waals surface area contributed by atoms with Crippen LogP contribution in [0.15, 0.2) is 24.3 Å². The molecule has 1 aromatic rings. The Balaban J connectivity index is 2.73. The lowest BCUT2D eigenvalue weighted by atomic mass is 10.2. The summed E-state index contributed by atoms with van der Waals surface area (Å²) in [6.07, 6.45) is 1.24. The average molecular weight is 250 g/mol. The summed E-state index contributed by atoms with van der Waals surface area (Å²) in [4.78, 5) is 23.0. The third kappa shape index (κ3) is 4.55. The second kappa shape index (κ2) is 7.45. The number of nitrogens with one attached hydrogen (secondary N) is 2. The summed E-state index contributed by atoms with van der Waals surface area (Å²) in [7, 11) is 1.45. The minimum Gasteiger partial charge on any atom is -0.375 e. The van der Waals surface area contributed by atoms with Crippen molar-refractivity contribution >= 4 is 23.2 Å². The van der Waals surface area contributed by atoms with Crippen LogP contribution in [0.4, 0.5) is 11.4 Å². The standard InChI is InChI=1S/C13H18N2O3/c1-3-6-12(16)14-10-7-4-5-8-11(10)15-13(17)9-18-2/h4-5,7-8H,3,6,9H2,1-2H3,(H,14,16)(H,15,17). The van der Waals surface area contributed by atoms with Gasteiger partial charge in [0.05, 0.1) is 11.4 Å². The molecule has 0 fully saturated rings. The monoisotopic (exact) mass is 250 g/mol. The lowest BCUT2D eigenvalue weighted by Gasteiger charge is -2.11. The summed E-state index contributed by atoms with van der Waals surface area (Å²) in [5.74, 6) is -0.319. The average Bonchev–Trinajstić information content (AvgIpc) is 2.32. The van der Waals surface area contributed by atoms with Crippen molar-refractivity contribution in [2.75, 3.05) is 24.4 Å². The number of rotatable bonds is 6. The number of benzene rings is 1. The lowest BCUT2D eigenvalue weighted by Crippen LogP contribution is -2.19. The molecule has 0 aliphatic carbocycles. The zero-order valence-corrected chi connectivity index (χ0v) is 10.7. The molecule has 0 heterocycles. The van der Waals surface area contributed by atoms with Gasteiger partial charge in [0, 0.05) is 13.5 Å². The van der Waals surface area contributed by atoms with Crippen molar-refractivity contribution in [2.24, 2.45) is 0 Å². The van der Waals surface area contributed by atoms with Gasteiger partial charge >= 0.3 is 0 Å². The first-order chi connectivity index (χ1) is 8.67. The van der Waals surface area contributed by atoms with E-state index in [1.54, 1.807) is 24.3 Å². The maximum absolute atomic E-state index is 11.5. The van der Waals surface area contributed by atoms with Gasteiger partial charge in [0.25, 0.3) is 0 Å². The molecular formula is C13H18N2O3. The van der Waals surface area contributed by atoms with Crippen molar-refractivity contribution in [3.8, 4) is 0 Å². The SMILES string of the molecule is CCCC(=O)Nc1ccccc1NC(=O)COC. The number of anilines is 2. The Morgan fingerprint density at radius 1 is 1.11 bits per heavy atom. The van der Waals surface area contributed by atoms with Gasteiger partial charge in [-0.1, -0.05) is 19.1 Å². The molecule has 1 rings (SSSR count). The molecular weight excluding hydrogens is 232 g/mol. The van der Waals surface area contributed by atoms with Crippen LogP contribution in [0, 0.1) is 0 Å². The van der Waals surface area contributed by atoms with E-state index >= 15 is 0 Å². The van der Waals surface area contributed by atoms with E-state index in [1.165, 1.54) is 7.11 Å². The molecule has 0 aromatic heterocycles. The van der Waals surface area contributed by atoms with Crippen molar-refractivity contribution in [2.45, 2.75) is 19.8 Å². The Morgan fingerprint density at radius 2 is 1.67 bits per heavy atom. The summed E-state index contributed by atoms with van der Waals surface area (Å²) in [6, 6.07) is 7.07. The molecule has 0 atom stereocenters. The minimum absolute atomic E-state index is 0.0166. The van der Waals surface area contributed by atoms with Crippen molar-refractivity contribution in [1.29, 1.82) is 0 Å². The first-order valence-corrected chi connectivity index (χ1v) is 5.85. The number of ether oxygens (including phenoxy) is 1. The van der Waals surface area contributed by atoms with E-state index in [4.69, 9.17) is 4.74 Å². The van der Waals surface area contributed by atoms with E-state index in [0.29, 0.717) is 17.8 Å². The number of hydrogen-bond donors (Lipinski definition) is 2. The molecule has 0 radical (unpaired) electrons.